The first-order valence-corrected chi connectivity index (χ1v) is 13.5. The van der Waals surface area contributed by atoms with Crippen LogP contribution in [0.25, 0.3) is 16.8 Å². The zero-order chi connectivity index (χ0) is 29.9. The molecule has 3 unspecified atom stereocenters. The summed E-state index contributed by atoms with van der Waals surface area (Å²) in [7, 11) is 0. The molecule has 0 aliphatic carbocycles. The maximum absolute atomic E-state index is 13.1. The van der Waals surface area contributed by atoms with E-state index in [0.29, 0.717) is 12.1 Å². The Kier molecular flexibility index (Phi) is 12.2. The second kappa shape index (κ2) is 15.1. The van der Waals surface area contributed by atoms with Crippen LogP contribution in [0.3, 0.4) is 0 Å². The van der Waals surface area contributed by atoms with Crippen LogP contribution < -0.4 is 27.4 Å². The van der Waals surface area contributed by atoms with Gasteiger partial charge in [0.25, 0.3) is 0 Å². The van der Waals surface area contributed by atoms with Gasteiger partial charge in [-0.15, -0.1) is 0 Å². The summed E-state index contributed by atoms with van der Waals surface area (Å²) >= 11 is 0. The lowest BCUT2D eigenvalue weighted by atomic mass is 9.90. The van der Waals surface area contributed by atoms with Crippen molar-refractivity contribution in [3.8, 4) is 0 Å². The van der Waals surface area contributed by atoms with E-state index in [2.05, 4.69) is 40.0 Å². The van der Waals surface area contributed by atoms with Crippen molar-refractivity contribution in [3.05, 3.63) is 47.8 Å². The van der Waals surface area contributed by atoms with E-state index >= 15 is 0 Å². The topological polar surface area (TPSA) is 190 Å². The number of carbonyl (C=O) groups is 4. The molecular weight excluding hydrogens is 512 g/mol. The number of benzene rings is 1. The van der Waals surface area contributed by atoms with Gasteiger partial charge >= 0.3 is 5.97 Å². The van der Waals surface area contributed by atoms with E-state index in [9.17, 15) is 19.2 Å². The van der Waals surface area contributed by atoms with Crippen molar-refractivity contribution in [2.45, 2.75) is 71.5 Å². The van der Waals surface area contributed by atoms with Crippen molar-refractivity contribution in [3.63, 3.8) is 0 Å². The van der Waals surface area contributed by atoms with E-state index in [1.54, 1.807) is 32.2 Å². The maximum atomic E-state index is 13.1. The Hall–Kier alpha value is -3.83. The largest absolute Gasteiger partial charge is 0.480 e. The number of nitrogens with two attached hydrogens (primary N) is 2. The molecule has 3 atom stereocenters. The number of aryl methyl sites for hydroxylation is 1. The van der Waals surface area contributed by atoms with Crippen LogP contribution in [0.4, 0.5) is 0 Å². The zero-order valence-corrected chi connectivity index (χ0v) is 23.7. The Morgan fingerprint density at radius 2 is 1.80 bits per heavy atom. The van der Waals surface area contributed by atoms with E-state index in [-0.39, 0.29) is 31.8 Å². The summed E-state index contributed by atoms with van der Waals surface area (Å²) in [5, 5.41) is 18.9. The van der Waals surface area contributed by atoms with Gasteiger partial charge < -0.3 is 32.5 Å². The SMILES string of the molecule is CCc1ccc2cnc(/C=C/C(C)(C)C(=O)NC(CCN)C(=O)NC(C)C(=O)NCCCC(N)C(=O)O)cc2c1. The molecule has 3 amide bonds. The van der Waals surface area contributed by atoms with Crippen LogP contribution in [0.5, 0.6) is 0 Å². The number of aromatic nitrogens is 1. The number of nitrogens with one attached hydrogen (secondary N) is 3. The molecule has 11 nitrogen and oxygen atoms in total. The number of hydrogen-bond donors (Lipinski definition) is 6. The molecule has 0 saturated heterocycles. The van der Waals surface area contributed by atoms with Gasteiger partial charge in [0.15, 0.2) is 0 Å². The van der Waals surface area contributed by atoms with E-state index in [1.165, 1.54) is 12.5 Å². The number of amides is 3. The van der Waals surface area contributed by atoms with Gasteiger partial charge in [0.1, 0.15) is 18.1 Å². The summed E-state index contributed by atoms with van der Waals surface area (Å²) in [6.07, 6.45) is 7.03. The molecule has 0 aliphatic heterocycles. The van der Waals surface area contributed by atoms with Crippen molar-refractivity contribution in [2.24, 2.45) is 16.9 Å². The van der Waals surface area contributed by atoms with Gasteiger partial charge in [-0.1, -0.05) is 31.2 Å². The third-order valence-electron chi connectivity index (χ3n) is 6.61. The third-order valence-corrected chi connectivity index (χ3v) is 6.61. The van der Waals surface area contributed by atoms with E-state index in [0.717, 1.165) is 17.2 Å². The minimum atomic E-state index is -1.10. The number of nitrogens with zero attached hydrogens (tertiary/aromatic N) is 1. The Balaban J connectivity index is 1.97. The summed E-state index contributed by atoms with van der Waals surface area (Å²) in [6, 6.07) is 5.41. The Morgan fingerprint density at radius 3 is 2.45 bits per heavy atom. The number of fused-ring (bicyclic) bond motifs is 1. The lowest BCUT2D eigenvalue weighted by Crippen LogP contribution is -2.54. The monoisotopic (exact) mass is 554 g/mol. The zero-order valence-electron chi connectivity index (χ0n) is 23.7. The fourth-order valence-electron chi connectivity index (χ4n) is 3.86. The predicted molar refractivity (Wildman–Crippen MR) is 155 cm³/mol. The Bertz CT molecular complexity index is 1230. The highest BCUT2D eigenvalue weighted by atomic mass is 16.4. The Morgan fingerprint density at radius 1 is 1.07 bits per heavy atom. The molecule has 8 N–H and O–H groups in total. The number of carbonyl (C=O) groups excluding carboxylic acids is 3. The lowest BCUT2D eigenvalue weighted by molar-refractivity contribution is -0.138. The number of aliphatic carboxylic acids is 1. The summed E-state index contributed by atoms with van der Waals surface area (Å²) < 4.78 is 0. The van der Waals surface area contributed by atoms with Crippen LogP contribution in [0.15, 0.2) is 36.5 Å². The smallest absolute Gasteiger partial charge is 0.320 e. The van der Waals surface area contributed by atoms with Gasteiger partial charge in [0, 0.05) is 18.1 Å². The van der Waals surface area contributed by atoms with Crippen molar-refractivity contribution in [2.75, 3.05) is 13.1 Å². The molecule has 0 aliphatic rings. The first-order chi connectivity index (χ1) is 18.9. The normalized spacial score (nSPS) is 13.9. The van der Waals surface area contributed by atoms with Crippen molar-refractivity contribution in [1.29, 1.82) is 0 Å². The highest BCUT2D eigenvalue weighted by molar-refractivity contribution is 5.93. The van der Waals surface area contributed by atoms with E-state index < -0.39 is 41.3 Å². The second-order valence-electron chi connectivity index (χ2n) is 10.4. The van der Waals surface area contributed by atoms with Crippen LogP contribution >= 0.6 is 0 Å². The average Bonchev–Trinajstić information content (AvgIpc) is 2.92. The highest BCUT2D eigenvalue weighted by Crippen LogP contribution is 2.22. The summed E-state index contributed by atoms with van der Waals surface area (Å²) in [5.74, 6) is -2.45. The molecule has 2 aromatic rings. The quantitative estimate of drug-likeness (QED) is 0.178. The van der Waals surface area contributed by atoms with Crippen LogP contribution in [0.1, 0.15) is 58.2 Å². The molecule has 0 spiro atoms. The third kappa shape index (κ3) is 9.73. The van der Waals surface area contributed by atoms with Crippen molar-refractivity contribution >= 4 is 40.5 Å². The molecule has 1 aromatic carbocycles. The molecule has 0 saturated carbocycles. The number of rotatable bonds is 15. The van der Waals surface area contributed by atoms with Crippen LogP contribution in [-0.4, -0.2) is 65.0 Å². The standard InChI is InChI=1S/C29H42N6O5/c1-5-19-8-9-20-17-33-22(16-21(20)15-19)10-12-29(3,4)28(40)35-24(11-13-30)26(37)34-18(2)25(36)32-14-6-7-23(31)27(38)39/h8-10,12,15-18,23-24H,5-7,11,13-14,30-31H2,1-4H3,(H,32,36)(H,34,37)(H,35,40)(H,38,39)/b12-10+. The molecule has 218 valence electrons. The molecule has 1 aromatic heterocycles. The van der Waals surface area contributed by atoms with Gasteiger partial charge in [-0.3, -0.25) is 24.2 Å². The van der Waals surface area contributed by atoms with Gasteiger partial charge in [-0.25, -0.2) is 0 Å². The molecule has 0 bridgehead atoms. The van der Waals surface area contributed by atoms with Crippen LogP contribution in [0, 0.1) is 5.41 Å². The maximum Gasteiger partial charge on any atom is 0.320 e. The minimum absolute atomic E-state index is 0.153. The molecular formula is C29H42N6O5. The first kappa shape index (κ1) is 32.4. The van der Waals surface area contributed by atoms with Gasteiger partial charge in [0.2, 0.25) is 17.7 Å². The number of hydrogen-bond acceptors (Lipinski definition) is 7. The summed E-state index contributed by atoms with van der Waals surface area (Å²) in [4.78, 5) is 53.6. The molecule has 2 rings (SSSR count). The molecule has 1 heterocycles. The number of carboxylic acids is 1. The van der Waals surface area contributed by atoms with Crippen molar-refractivity contribution in [1.82, 2.24) is 20.9 Å². The molecule has 11 heteroatoms. The fourth-order valence-corrected chi connectivity index (χ4v) is 3.86. The second-order valence-corrected chi connectivity index (χ2v) is 10.4. The molecule has 40 heavy (non-hydrogen) atoms. The van der Waals surface area contributed by atoms with Crippen molar-refractivity contribution < 1.29 is 24.3 Å². The fraction of sp³-hybridized carbons (Fsp3) is 0.483. The minimum Gasteiger partial charge on any atom is -0.480 e. The summed E-state index contributed by atoms with van der Waals surface area (Å²) in [6.45, 7) is 7.46. The van der Waals surface area contributed by atoms with Gasteiger partial charge in [-0.2, -0.15) is 0 Å². The summed E-state index contributed by atoms with van der Waals surface area (Å²) in [5.41, 5.74) is 12.1. The number of carboxylic acid groups (broad SMARTS) is 1. The molecule has 0 radical (unpaired) electrons. The number of pyridine rings is 1. The first-order valence-electron chi connectivity index (χ1n) is 13.5. The van der Waals surface area contributed by atoms with Crippen LogP contribution in [-0.2, 0) is 25.6 Å². The predicted octanol–water partition coefficient (Wildman–Crippen LogP) is 1.48. The highest BCUT2D eigenvalue weighted by Gasteiger charge is 2.30. The average molecular weight is 555 g/mol. The molecule has 0 fully saturated rings. The van der Waals surface area contributed by atoms with Gasteiger partial charge in [-0.05, 0) is 76.1 Å². The Labute approximate surface area is 235 Å². The van der Waals surface area contributed by atoms with Crippen LogP contribution in [0.2, 0.25) is 0 Å². The van der Waals surface area contributed by atoms with E-state index in [1.807, 2.05) is 12.1 Å². The van der Waals surface area contributed by atoms with E-state index in [4.69, 9.17) is 16.6 Å². The lowest BCUT2D eigenvalue weighted by Gasteiger charge is -2.25. The van der Waals surface area contributed by atoms with Gasteiger partial charge in [0.05, 0.1) is 11.1 Å².